The Hall–Kier alpha value is -1.19. The van der Waals surface area contributed by atoms with E-state index in [4.69, 9.17) is 18.9 Å². The van der Waals surface area contributed by atoms with E-state index in [0.29, 0.717) is 18.3 Å². The highest BCUT2D eigenvalue weighted by Gasteiger charge is 2.67. The zero-order valence-corrected chi connectivity index (χ0v) is 31.8. The Kier molecular flexibility index (Phi) is 10.1. The predicted molar refractivity (Wildman–Crippen MR) is 187 cm³/mol. The van der Waals surface area contributed by atoms with Gasteiger partial charge in [0, 0.05) is 5.41 Å². The quantitative estimate of drug-likeness (QED) is 0.156. The summed E-state index contributed by atoms with van der Waals surface area (Å²) in [6.07, 6.45) is -1.59. The monoisotopic (exact) mass is 736 g/mol. The summed E-state index contributed by atoms with van der Waals surface area (Å²) in [6, 6.07) is 0. The summed E-state index contributed by atoms with van der Waals surface area (Å²) >= 11 is 0. The van der Waals surface area contributed by atoms with Crippen LogP contribution in [0.3, 0.4) is 0 Å². The number of aliphatic carboxylic acids is 1. The van der Waals surface area contributed by atoms with E-state index in [1.165, 1.54) is 12.5 Å². The Morgan fingerprint density at radius 3 is 2.21 bits per heavy atom. The molecule has 7 rings (SSSR count). The molecule has 2 saturated heterocycles. The fourth-order valence-corrected chi connectivity index (χ4v) is 13.0. The maximum atomic E-state index is 12.9. The number of aliphatic hydroxyl groups excluding tert-OH is 6. The second kappa shape index (κ2) is 13.5. The van der Waals surface area contributed by atoms with Crippen LogP contribution in [0.1, 0.15) is 106 Å². The lowest BCUT2D eigenvalue weighted by Crippen LogP contribution is -2.65. The smallest absolute Gasteiger partial charge is 0.310 e. The first-order valence-electron chi connectivity index (χ1n) is 19.9. The molecule has 0 unspecified atom stereocenters. The van der Waals surface area contributed by atoms with Crippen LogP contribution in [-0.2, 0) is 23.7 Å². The number of rotatable bonds is 6. The van der Waals surface area contributed by atoms with Crippen molar-refractivity contribution in [1.82, 2.24) is 0 Å². The molecule has 5 aliphatic carbocycles. The molecule has 0 aromatic rings. The van der Waals surface area contributed by atoms with Crippen molar-refractivity contribution in [2.75, 3.05) is 13.2 Å². The zero-order chi connectivity index (χ0) is 37.8. The van der Waals surface area contributed by atoms with Crippen LogP contribution < -0.4 is 0 Å². The molecule has 0 amide bonds. The molecule has 2 aliphatic heterocycles. The van der Waals surface area contributed by atoms with Crippen LogP contribution in [0.15, 0.2) is 11.6 Å². The average Bonchev–Trinajstić information content (AvgIpc) is 3.09. The third-order valence-electron chi connectivity index (χ3n) is 16.2. The molecule has 296 valence electrons. The third kappa shape index (κ3) is 5.87. The molecule has 18 atom stereocenters. The SMILES string of the molecule is C[C@@H]1O[C@@H](O[C@H]2[C@H](O[C@H]3CC[C@@]4(C)[C@@H](CC[C@]5(C)[C@@H]4CC=C4[C@H]5CC[C@@]5(C(=O)O)CCC(C)(C)C[C@@H]45)[C@]3(C)CO)OC[C@H](O)[C@@H]2O)[C@H](O)[C@H](O)[C@H]1O. The van der Waals surface area contributed by atoms with Gasteiger partial charge in [-0.05, 0) is 111 Å². The van der Waals surface area contributed by atoms with Crippen molar-refractivity contribution in [2.45, 2.75) is 167 Å². The van der Waals surface area contributed by atoms with Gasteiger partial charge in [0.2, 0.25) is 0 Å². The van der Waals surface area contributed by atoms with E-state index in [2.05, 4.69) is 40.7 Å². The number of hydrogen-bond acceptors (Lipinski definition) is 11. The summed E-state index contributed by atoms with van der Waals surface area (Å²) in [7, 11) is 0. The highest BCUT2D eigenvalue weighted by atomic mass is 16.8. The maximum Gasteiger partial charge on any atom is 0.310 e. The standard InChI is InChI=1S/C40H64O12/c1-20-28(43)30(45)31(46)33(50-20)52-32-29(44)24(42)18-49-34(32)51-27-11-13-38(5)25-8-7-21-22(37(25,4)12-10-26(38)39(27,6)19-41)9-14-40(35(47)48)16-15-36(2,3)17-23(21)40/h7,20,22-34,41-46H,8-19H2,1-6H3,(H,47,48)/t20-,22+,23-,24-,25-,26+,27-,28-,29-,30+,31+,32+,33-,34-,37-,38+,39-,40+/m0/s1. The first kappa shape index (κ1) is 39.1. The maximum absolute atomic E-state index is 12.9. The highest BCUT2D eigenvalue weighted by molar-refractivity contribution is 5.76. The van der Waals surface area contributed by atoms with E-state index in [1.807, 2.05) is 0 Å². The van der Waals surface area contributed by atoms with Crippen molar-refractivity contribution in [3.8, 4) is 0 Å². The zero-order valence-electron chi connectivity index (χ0n) is 31.8. The molecule has 2 heterocycles. The molecule has 7 aliphatic rings. The van der Waals surface area contributed by atoms with Gasteiger partial charge in [-0.15, -0.1) is 0 Å². The number of fused-ring (bicyclic) bond motifs is 7. The van der Waals surface area contributed by atoms with E-state index in [1.54, 1.807) is 0 Å². The summed E-state index contributed by atoms with van der Waals surface area (Å²) < 4.78 is 24.3. The number of hydrogen-bond donors (Lipinski definition) is 7. The molecule has 52 heavy (non-hydrogen) atoms. The number of carboxylic acids is 1. The molecule has 0 spiro atoms. The van der Waals surface area contributed by atoms with Gasteiger partial charge in [-0.1, -0.05) is 46.3 Å². The Morgan fingerprint density at radius 2 is 1.52 bits per heavy atom. The van der Waals surface area contributed by atoms with E-state index in [9.17, 15) is 40.5 Å². The van der Waals surface area contributed by atoms with Gasteiger partial charge in [0.15, 0.2) is 12.6 Å². The Labute approximate surface area is 307 Å². The second-order valence-electron chi connectivity index (χ2n) is 19.4. The molecule has 4 saturated carbocycles. The number of ether oxygens (including phenoxy) is 4. The summed E-state index contributed by atoms with van der Waals surface area (Å²) in [5, 5.41) is 74.7. The lowest BCUT2D eigenvalue weighted by molar-refractivity contribution is -0.365. The largest absolute Gasteiger partial charge is 0.481 e. The lowest BCUT2D eigenvalue weighted by atomic mass is 9.37. The van der Waals surface area contributed by atoms with Crippen molar-refractivity contribution in [2.24, 2.45) is 50.7 Å². The minimum Gasteiger partial charge on any atom is -0.481 e. The normalized spacial score (nSPS) is 54.5. The Balaban J connectivity index is 1.13. The minimum absolute atomic E-state index is 0.00736. The molecule has 7 N–H and O–H groups in total. The van der Waals surface area contributed by atoms with Gasteiger partial charge >= 0.3 is 5.97 Å². The summed E-state index contributed by atoms with van der Waals surface area (Å²) in [5.74, 6) is 0.231. The number of allylic oxidation sites excluding steroid dienone is 2. The molecular weight excluding hydrogens is 672 g/mol. The van der Waals surface area contributed by atoms with Crippen molar-refractivity contribution in [1.29, 1.82) is 0 Å². The third-order valence-corrected chi connectivity index (χ3v) is 16.2. The van der Waals surface area contributed by atoms with Gasteiger partial charge in [0.25, 0.3) is 0 Å². The van der Waals surface area contributed by atoms with Crippen molar-refractivity contribution in [3.63, 3.8) is 0 Å². The van der Waals surface area contributed by atoms with Crippen LogP contribution in [0.4, 0.5) is 0 Å². The van der Waals surface area contributed by atoms with E-state index in [-0.39, 0.29) is 41.3 Å². The first-order valence-corrected chi connectivity index (χ1v) is 19.9. The van der Waals surface area contributed by atoms with Crippen LogP contribution in [0, 0.1) is 50.7 Å². The predicted octanol–water partition coefficient (Wildman–Crippen LogP) is 3.13. The second-order valence-corrected chi connectivity index (χ2v) is 19.4. The highest BCUT2D eigenvalue weighted by Crippen LogP contribution is 2.72. The van der Waals surface area contributed by atoms with Crippen molar-refractivity contribution < 1.29 is 59.5 Å². The fraction of sp³-hybridized carbons (Fsp3) is 0.925. The van der Waals surface area contributed by atoms with E-state index < -0.39 is 78.2 Å². The van der Waals surface area contributed by atoms with Crippen LogP contribution in [0.5, 0.6) is 0 Å². The van der Waals surface area contributed by atoms with Gasteiger partial charge < -0.3 is 54.7 Å². The lowest BCUT2D eigenvalue weighted by Gasteiger charge is -2.68. The van der Waals surface area contributed by atoms with Gasteiger partial charge in [-0.3, -0.25) is 4.79 Å². The number of carboxylic acid groups (broad SMARTS) is 1. The van der Waals surface area contributed by atoms with E-state index in [0.717, 1.165) is 57.8 Å². The van der Waals surface area contributed by atoms with Crippen molar-refractivity contribution >= 4 is 5.97 Å². The van der Waals surface area contributed by atoms with Gasteiger partial charge in [0.05, 0.1) is 30.8 Å². The topological polar surface area (TPSA) is 196 Å². The number of aliphatic hydroxyl groups is 6. The summed E-state index contributed by atoms with van der Waals surface area (Å²) in [4.78, 5) is 12.9. The van der Waals surface area contributed by atoms with Gasteiger partial charge in [0.1, 0.15) is 36.6 Å². The van der Waals surface area contributed by atoms with Crippen LogP contribution in [-0.4, -0.2) is 116 Å². The van der Waals surface area contributed by atoms with E-state index >= 15 is 0 Å². The first-order chi connectivity index (χ1) is 24.3. The molecule has 0 radical (unpaired) electrons. The molecule has 0 aromatic carbocycles. The molecule has 12 heteroatoms. The summed E-state index contributed by atoms with van der Waals surface area (Å²) in [6.45, 7) is 12.7. The van der Waals surface area contributed by atoms with Crippen LogP contribution >= 0.6 is 0 Å². The molecule has 12 nitrogen and oxygen atoms in total. The van der Waals surface area contributed by atoms with Crippen LogP contribution in [0.25, 0.3) is 0 Å². The minimum atomic E-state index is -1.62. The van der Waals surface area contributed by atoms with Gasteiger partial charge in [-0.2, -0.15) is 0 Å². The fourth-order valence-electron chi connectivity index (χ4n) is 13.0. The van der Waals surface area contributed by atoms with Gasteiger partial charge in [-0.25, -0.2) is 0 Å². The molecular formula is C40H64O12. The molecule has 6 fully saturated rings. The van der Waals surface area contributed by atoms with Crippen LogP contribution in [0.2, 0.25) is 0 Å². The average molecular weight is 737 g/mol. The Bertz CT molecular complexity index is 1390. The molecule has 0 bridgehead atoms. The summed E-state index contributed by atoms with van der Waals surface area (Å²) in [5.41, 5.74) is 0.0510. The number of carbonyl (C=O) groups is 1. The Morgan fingerprint density at radius 1 is 0.808 bits per heavy atom. The van der Waals surface area contributed by atoms with Crippen molar-refractivity contribution in [3.05, 3.63) is 11.6 Å². The molecule has 0 aromatic heterocycles.